The number of methoxy groups -OCH3 is 1. The smallest absolute Gasteiger partial charge is 0.488 e. The number of ether oxygens (including phenoxy) is 2. The van der Waals surface area contributed by atoms with Crippen LogP contribution in [0.3, 0.4) is 0 Å². The lowest BCUT2D eigenvalue weighted by Gasteiger charge is -2.30. The minimum absolute atomic E-state index is 0.112. The molecule has 2 aliphatic heterocycles. The van der Waals surface area contributed by atoms with Crippen molar-refractivity contribution in [2.75, 3.05) is 18.6 Å². The Balaban J connectivity index is 1.32. The Morgan fingerprint density at radius 2 is 1.97 bits per heavy atom. The highest BCUT2D eigenvalue weighted by Gasteiger charge is 2.56. The molecule has 8 nitrogen and oxygen atoms in total. The molecule has 2 heterocycles. The SMILES string of the molecule is COc1cc(/C=C(\C)CC[C@H]2OC[C@H]3C2=C(C)C[C@H]2C(=O)N(c4cccc(B(O)O)c4)C(=O)[C@H]23)cc(I)c1O. The van der Waals surface area contributed by atoms with Gasteiger partial charge in [0.15, 0.2) is 11.5 Å². The molecule has 3 N–H and O–H groups in total. The summed E-state index contributed by atoms with van der Waals surface area (Å²) in [5, 5.41) is 29.2. The number of halogens is 1. The van der Waals surface area contributed by atoms with Crippen LogP contribution in [-0.4, -0.2) is 53.9 Å². The molecule has 0 radical (unpaired) electrons. The summed E-state index contributed by atoms with van der Waals surface area (Å²) >= 11 is 2.08. The third kappa shape index (κ3) is 5.15. The molecule has 1 aliphatic carbocycles. The molecule has 3 aliphatic rings. The van der Waals surface area contributed by atoms with E-state index in [1.807, 2.05) is 19.1 Å². The van der Waals surface area contributed by atoms with E-state index in [1.54, 1.807) is 18.2 Å². The van der Waals surface area contributed by atoms with Gasteiger partial charge in [0.25, 0.3) is 0 Å². The molecule has 0 bridgehead atoms. The molecular weight excluding hydrogens is 612 g/mol. The van der Waals surface area contributed by atoms with Gasteiger partial charge >= 0.3 is 7.12 Å². The molecule has 2 aromatic carbocycles. The van der Waals surface area contributed by atoms with E-state index in [4.69, 9.17) is 9.47 Å². The molecule has 5 rings (SSSR count). The molecule has 2 aromatic rings. The molecule has 0 spiro atoms. The normalized spacial score (nSPS) is 24.8. The summed E-state index contributed by atoms with van der Waals surface area (Å²) in [7, 11) is -0.153. The quantitative estimate of drug-likeness (QED) is 0.183. The number of benzene rings is 2. The van der Waals surface area contributed by atoms with E-state index in [9.17, 15) is 24.7 Å². The van der Waals surface area contributed by atoms with Gasteiger partial charge in [0.1, 0.15) is 0 Å². The highest BCUT2D eigenvalue weighted by atomic mass is 127. The third-order valence-corrected chi connectivity index (χ3v) is 8.89. The van der Waals surface area contributed by atoms with E-state index in [2.05, 4.69) is 35.6 Å². The van der Waals surface area contributed by atoms with Gasteiger partial charge in [0, 0.05) is 5.92 Å². The van der Waals surface area contributed by atoms with E-state index < -0.39 is 19.0 Å². The summed E-state index contributed by atoms with van der Waals surface area (Å²) in [5.74, 6) is -0.987. The first-order valence-corrected chi connectivity index (χ1v) is 14.1. The van der Waals surface area contributed by atoms with Gasteiger partial charge in [-0.1, -0.05) is 29.4 Å². The number of fused-ring (bicyclic) bond motifs is 3. The number of phenols is 1. The molecule has 0 aromatic heterocycles. The standard InChI is InChI=1S/C29H31BINO7/c1-15(9-17-11-22(31)27(33)24(12-17)38-3)7-8-23-25-16(2)10-20-26(21(25)14-39-23)29(35)32(28(20)34)19-6-4-5-18(13-19)30(36)37/h4-6,9,11-13,20-21,23,26,33,36-37H,7-8,10,14H2,1-3H3/b15-9+/t20-,21+,23-,26-/m1/s1. The molecule has 0 unspecified atom stereocenters. The first-order valence-electron chi connectivity index (χ1n) is 13.0. The number of imide groups is 1. The van der Waals surface area contributed by atoms with E-state index >= 15 is 0 Å². The summed E-state index contributed by atoms with van der Waals surface area (Å²) in [6, 6.07) is 9.99. The molecule has 2 amide bonds. The zero-order valence-corrected chi connectivity index (χ0v) is 24.2. The monoisotopic (exact) mass is 643 g/mol. The van der Waals surface area contributed by atoms with Gasteiger partial charge in [0.2, 0.25) is 11.8 Å². The fourth-order valence-electron chi connectivity index (χ4n) is 6.26. The van der Waals surface area contributed by atoms with Crippen LogP contribution in [0.25, 0.3) is 6.08 Å². The van der Waals surface area contributed by atoms with Crippen molar-refractivity contribution in [3.8, 4) is 11.5 Å². The van der Waals surface area contributed by atoms with Crippen LogP contribution in [-0.2, 0) is 14.3 Å². The lowest BCUT2D eigenvalue weighted by molar-refractivity contribution is -0.122. The Bertz CT molecular complexity index is 1390. The van der Waals surface area contributed by atoms with Crippen LogP contribution in [0.4, 0.5) is 5.69 Å². The largest absolute Gasteiger partial charge is 0.504 e. The van der Waals surface area contributed by atoms with Crippen LogP contribution < -0.4 is 15.1 Å². The number of nitrogens with zero attached hydrogens (tertiary/aromatic N) is 1. The number of carbonyl (C=O) groups is 2. The second kappa shape index (κ2) is 11.1. The Kier molecular flexibility index (Phi) is 7.92. The first-order chi connectivity index (χ1) is 18.6. The number of phenolic OH excluding ortho intramolecular Hbond substituents is 1. The van der Waals surface area contributed by atoms with Crippen molar-refractivity contribution in [2.45, 2.75) is 39.2 Å². The average molecular weight is 643 g/mol. The second-order valence-electron chi connectivity index (χ2n) is 10.6. The summed E-state index contributed by atoms with van der Waals surface area (Å²) < 4.78 is 12.2. The molecular formula is C29H31BINO7. The summed E-state index contributed by atoms with van der Waals surface area (Å²) in [5.41, 5.74) is 4.95. The van der Waals surface area contributed by atoms with E-state index in [0.717, 1.165) is 38.7 Å². The maximum atomic E-state index is 13.6. The maximum absolute atomic E-state index is 13.6. The molecule has 0 saturated carbocycles. The lowest BCUT2D eigenvalue weighted by Crippen LogP contribution is -2.35. The van der Waals surface area contributed by atoms with Gasteiger partial charge < -0.3 is 24.6 Å². The van der Waals surface area contributed by atoms with Crippen molar-refractivity contribution in [3.05, 3.63) is 62.3 Å². The van der Waals surface area contributed by atoms with Crippen LogP contribution in [0.5, 0.6) is 11.5 Å². The highest BCUT2D eigenvalue weighted by Crippen LogP contribution is 2.50. The summed E-state index contributed by atoms with van der Waals surface area (Å²) in [6.45, 7) is 4.50. The minimum atomic E-state index is -1.68. The summed E-state index contributed by atoms with van der Waals surface area (Å²) in [6.07, 6.45) is 4.02. The molecule has 10 heteroatoms. The van der Waals surface area contributed by atoms with Gasteiger partial charge in [-0.3, -0.25) is 14.5 Å². The van der Waals surface area contributed by atoms with Crippen LogP contribution in [0, 0.1) is 21.3 Å². The Morgan fingerprint density at radius 1 is 1.21 bits per heavy atom. The van der Waals surface area contributed by atoms with Crippen LogP contribution in [0.15, 0.2) is 53.1 Å². The van der Waals surface area contributed by atoms with E-state index in [-0.39, 0.29) is 35.0 Å². The van der Waals surface area contributed by atoms with Crippen molar-refractivity contribution in [3.63, 3.8) is 0 Å². The minimum Gasteiger partial charge on any atom is -0.504 e. The number of amides is 2. The Hall–Kier alpha value is -2.67. The van der Waals surface area contributed by atoms with Gasteiger partial charge in [-0.15, -0.1) is 0 Å². The third-order valence-electron chi connectivity index (χ3n) is 8.06. The van der Waals surface area contributed by atoms with Crippen molar-refractivity contribution < 1.29 is 34.2 Å². The molecule has 4 atom stereocenters. The topological polar surface area (TPSA) is 117 Å². The zero-order chi connectivity index (χ0) is 28.0. The number of rotatable bonds is 7. The number of anilines is 1. The Labute approximate surface area is 241 Å². The van der Waals surface area contributed by atoms with E-state index in [0.29, 0.717) is 24.5 Å². The molecule has 2 saturated heterocycles. The number of carbonyl (C=O) groups excluding carboxylic acids is 2. The maximum Gasteiger partial charge on any atom is 0.488 e. The molecule has 2 fully saturated rings. The van der Waals surface area contributed by atoms with Gasteiger partial charge in [-0.2, -0.15) is 0 Å². The first kappa shape index (κ1) is 27.9. The van der Waals surface area contributed by atoms with Crippen LogP contribution in [0.2, 0.25) is 0 Å². The lowest BCUT2D eigenvalue weighted by atomic mass is 9.70. The van der Waals surface area contributed by atoms with E-state index in [1.165, 1.54) is 18.1 Å². The summed E-state index contributed by atoms with van der Waals surface area (Å²) in [4.78, 5) is 28.2. The van der Waals surface area contributed by atoms with Crippen LogP contribution in [0.1, 0.15) is 38.7 Å². The number of allylic oxidation sites excluding steroid dienone is 2. The predicted molar refractivity (Wildman–Crippen MR) is 157 cm³/mol. The fraction of sp³-hybridized carbons (Fsp3) is 0.379. The number of hydrogen-bond acceptors (Lipinski definition) is 7. The Morgan fingerprint density at radius 3 is 2.69 bits per heavy atom. The van der Waals surface area contributed by atoms with Gasteiger partial charge in [0.05, 0.1) is 40.9 Å². The second-order valence-corrected chi connectivity index (χ2v) is 11.7. The predicted octanol–water partition coefficient (Wildman–Crippen LogP) is 3.41. The highest BCUT2D eigenvalue weighted by molar-refractivity contribution is 14.1. The molecule has 39 heavy (non-hydrogen) atoms. The zero-order valence-electron chi connectivity index (χ0n) is 22.1. The van der Waals surface area contributed by atoms with Gasteiger partial charge in [-0.25, -0.2) is 0 Å². The van der Waals surface area contributed by atoms with Crippen molar-refractivity contribution in [2.24, 2.45) is 17.8 Å². The van der Waals surface area contributed by atoms with Gasteiger partial charge in [-0.05, 0) is 96.6 Å². The van der Waals surface area contributed by atoms with Crippen molar-refractivity contribution in [1.29, 1.82) is 0 Å². The number of aromatic hydroxyl groups is 1. The van der Waals surface area contributed by atoms with Crippen molar-refractivity contribution in [1.82, 2.24) is 0 Å². The fourth-order valence-corrected chi connectivity index (χ4v) is 6.88. The molecule has 204 valence electrons. The van der Waals surface area contributed by atoms with Crippen LogP contribution >= 0.6 is 22.6 Å². The average Bonchev–Trinajstić information content (AvgIpc) is 3.43. The number of hydrogen-bond donors (Lipinski definition) is 3. The van der Waals surface area contributed by atoms with Crippen molar-refractivity contribution >= 4 is 58.7 Å².